The summed E-state index contributed by atoms with van der Waals surface area (Å²) in [5.41, 5.74) is 2.10. The first kappa shape index (κ1) is 13.4. The van der Waals surface area contributed by atoms with E-state index in [4.69, 9.17) is 4.74 Å². The average Bonchev–Trinajstić information content (AvgIpc) is 2.78. The first-order chi connectivity index (χ1) is 9.61. The van der Waals surface area contributed by atoms with Gasteiger partial charge >= 0.3 is 0 Å². The van der Waals surface area contributed by atoms with Crippen molar-refractivity contribution in [3.05, 3.63) is 28.8 Å². The van der Waals surface area contributed by atoms with E-state index in [2.05, 4.69) is 10.6 Å². The highest BCUT2D eigenvalue weighted by Crippen LogP contribution is 2.31. The fourth-order valence-electron chi connectivity index (χ4n) is 2.84. The molecule has 5 heteroatoms. The van der Waals surface area contributed by atoms with Crippen LogP contribution in [-0.2, 0) is 13.1 Å². The molecule has 0 spiro atoms. The Labute approximate surface area is 118 Å². The zero-order valence-electron chi connectivity index (χ0n) is 11.7. The van der Waals surface area contributed by atoms with Gasteiger partial charge in [0.15, 0.2) is 0 Å². The van der Waals surface area contributed by atoms with E-state index < -0.39 is 5.60 Å². The lowest BCUT2D eigenvalue weighted by atomic mass is 9.80. The summed E-state index contributed by atoms with van der Waals surface area (Å²) in [5.74, 6) is 0.706. The standard InChI is InChI=1S/C15H20N2O3/c1-20-13-6-10(5-11-12(13)8-17-14(11)18)7-16-9-15(19)3-2-4-15/h5-6,16,19H,2-4,7-9H2,1H3,(H,17,18). The van der Waals surface area contributed by atoms with Gasteiger partial charge in [0.1, 0.15) is 5.75 Å². The fraction of sp³-hybridized carbons (Fsp3) is 0.533. The predicted octanol–water partition coefficient (Wildman–Crippen LogP) is 0.943. The van der Waals surface area contributed by atoms with Crippen LogP contribution >= 0.6 is 0 Å². The maximum absolute atomic E-state index is 11.7. The molecule has 1 aromatic rings. The quantitative estimate of drug-likeness (QED) is 0.748. The molecule has 1 fully saturated rings. The van der Waals surface area contributed by atoms with Crippen LogP contribution in [0.25, 0.3) is 0 Å². The number of benzene rings is 1. The van der Waals surface area contributed by atoms with Gasteiger partial charge in [-0.3, -0.25) is 4.79 Å². The highest BCUT2D eigenvalue weighted by molar-refractivity contribution is 5.99. The molecule has 0 aromatic heterocycles. The molecule has 1 saturated carbocycles. The Morgan fingerprint density at radius 1 is 1.45 bits per heavy atom. The second-order valence-electron chi connectivity index (χ2n) is 5.69. The van der Waals surface area contributed by atoms with Gasteiger partial charge in [0.05, 0.1) is 12.7 Å². The van der Waals surface area contributed by atoms with Crippen molar-refractivity contribution in [2.45, 2.75) is 38.0 Å². The fourth-order valence-corrected chi connectivity index (χ4v) is 2.84. The lowest BCUT2D eigenvalue weighted by Gasteiger charge is -2.36. The summed E-state index contributed by atoms with van der Waals surface area (Å²) in [6.45, 7) is 1.75. The van der Waals surface area contributed by atoms with Crippen LogP contribution in [0, 0.1) is 0 Å². The Bertz CT molecular complexity index is 538. The van der Waals surface area contributed by atoms with E-state index >= 15 is 0 Å². The molecule has 2 aliphatic rings. The molecule has 1 aliphatic carbocycles. The lowest BCUT2D eigenvalue weighted by Crippen LogP contribution is -2.45. The Hall–Kier alpha value is -1.59. The maximum atomic E-state index is 11.7. The summed E-state index contributed by atoms with van der Waals surface area (Å²) in [6.07, 6.45) is 2.84. The molecule has 0 unspecified atom stereocenters. The van der Waals surface area contributed by atoms with Gasteiger partial charge in [0.2, 0.25) is 0 Å². The molecule has 5 nitrogen and oxygen atoms in total. The molecule has 0 bridgehead atoms. The predicted molar refractivity (Wildman–Crippen MR) is 74.7 cm³/mol. The first-order valence-electron chi connectivity index (χ1n) is 7.02. The minimum absolute atomic E-state index is 0.0437. The van der Waals surface area contributed by atoms with E-state index in [1.54, 1.807) is 7.11 Å². The molecule has 108 valence electrons. The number of methoxy groups -OCH3 is 1. The minimum Gasteiger partial charge on any atom is -0.496 e. The topological polar surface area (TPSA) is 70.6 Å². The summed E-state index contributed by atoms with van der Waals surface area (Å²) >= 11 is 0. The number of hydrogen-bond donors (Lipinski definition) is 3. The number of rotatable bonds is 5. The van der Waals surface area contributed by atoms with Crippen molar-refractivity contribution in [2.24, 2.45) is 0 Å². The van der Waals surface area contributed by atoms with Crippen LogP contribution in [0.3, 0.4) is 0 Å². The maximum Gasteiger partial charge on any atom is 0.252 e. The van der Waals surface area contributed by atoms with Gasteiger partial charge in [0.25, 0.3) is 5.91 Å². The van der Waals surface area contributed by atoms with Gasteiger partial charge in [-0.05, 0) is 37.0 Å². The molecule has 1 heterocycles. The van der Waals surface area contributed by atoms with Gasteiger partial charge in [-0.25, -0.2) is 0 Å². The summed E-state index contributed by atoms with van der Waals surface area (Å²) < 4.78 is 5.36. The molecule has 3 rings (SSSR count). The van der Waals surface area contributed by atoms with Gasteiger partial charge in [-0.15, -0.1) is 0 Å². The van der Waals surface area contributed by atoms with Crippen molar-refractivity contribution < 1.29 is 14.6 Å². The smallest absolute Gasteiger partial charge is 0.252 e. The molecular formula is C15H20N2O3. The van der Waals surface area contributed by atoms with E-state index in [1.807, 2.05) is 12.1 Å². The molecule has 20 heavy (non-hydrogen) atoms. The van der Waals surface area contributed by atoms with Crippen molar-refractivity contribution in [3.63, 3.8) is 0 Å². The van der Waals surface area contributed by atoms with E-state index in [-0.39, 0.29) is 5.91 Å². The number of ether oxygens (including phenoxy) is 1. The van der Waals surface area contributed by atoms with Crippen molar-refractivity contribution >= 4 is 5.91 Å². The number of aliphatic hydroxyl groups is 1. The zero-order chi connectivity index (χ0) is 14.2. The lowest BCUT2D eigenvalue weighted by molar-refractivity contribution is -0.0314. The van der Waals surface area contributed by atoms with E-state index in [9.17, 15) is 9.90 Å². The molecular weight excluding hydrogens is 256 g/mol. The molecule has 0 saturated heterocycles. The number of fused-ring (bicyclic) bond motifs is 1. The molecule has 1 amide bonds. The second-order valence-corrected chi connectivity index (χ2v) is 5.69. The third kappa shape index (κ3) is 2.39. The van der Waals surface area contributed by atoms with Crippen LogP contribution < -0.4 is 15.4 Å². The van der Waals surface area contributed by atoms with E-state index in [1.165, 1.54) is 0 Å². The largest absolute Gasteiger partial charge is 0.496 e. The van der Waals surface area contributed by atoms with E-state index in [0.29, 0.717) is 25.2 Å². The van der Waals surface area contributed by atoms with Crippen LogP contribution in [0.15, 0.2) is 12.1 Å². The van der Waals surface area contributed by atoms with Crippen LogP contribution in [0.1, 0.15) is 40.7 Å². The van der Waals surface area contributed by atoms with Crippen LogP contribution in [-0.4, -0.2) is 30.3 Å². The number of carbonyl (C=O) groups is 1. The van der Waals surface area contributed by atoms with Gasteiger partial charge < -0.3 is 20.5 Å². The Balaban J connectivity index is 1.70. The number of carbonyl (C=O) groups excluding carboxylic acids is 1. The van der Waals surface area contributed by atoms with Gasteiger partial charge in [-0.1, -0.05) is 0 Å². The molecule has 1 aromatic carbocycles. The molecule has 0 radical (unpaired) electrons. The highest BCUT2D eigenvalue weighted by Gasteiger charge is 2.33. The summed E-state index contributed by atoms with van der Waals surface area (Å²) in [5, 5.41) is 16.1. The average molecular weight is 276 g/mol. The summed E-state index contributed by atoms with van der Waals surface area (Å²) in [4.78, 5) is 11.7. The van der Waals surface area contributed by atoms with Crippen LogP contribution in [0.4, 0.5) is 0 Å². The Morgan fingerprint density at radius 2 is 2.25 bits per heavy atom. The van der Waals surface area contributed by atoms with Gasteiger partial charge in [-0.2, -0.15) is 0 Å². The highest BCUT2D eigenvalue weighted by atomic mass is 16.5. The molecule has 1 aliphatic heterocycles. The van der Waals surface area contributed by atoms with Crippen LogP contribution in [0.5, 0.6) is 5.75 Å². The van der Waals surface area contributed by atoms with Crippen molar-refractivity contribution in [3.8, 4) is 5.75 Å². The monoisotopic (exact) mass is 276 g/mol. The van der Waals surface area contributed by atoms with E-state index in [0.717, 1.165) is 36.1 Å². The SMILES string of the molecule is COc1cc(CNCC2(O)CCC2)cc2c1CNC2=O. The number of nitrogens with one attached hydrogen (secondary N) is 2. The second kappa shape index (κ2) is 5.07. The third-order valence-corrected chi connectivity index (χ3v) is 4.23. The normalized spacial score (nSPS) is 19.2. The zero-order valence-corrected chi connectivity index (χ0v) is 11.7. The third-order valence-electron chi connectivity index (χ3n) is 4.23. The Morgan fingerprint density at radius 3 is 2.90 bits per heavy atom. The molecule has 0 atom stereocenters. The van der Waals surface area contributed by atoms with Gasteiger partial charge in [0, 0.05) is 30.8 Å². The van der Waals surface area contributed by atoms with Crippen LogP contribution in [0.2, 0.25) is 0 Å². The van der Waals surface area contributed by atoms with Crippen molar-refractivity contribution in [2.75, 3.05) is 13.7 Å². The first-order valence-corrected chi connectivity index (χ1v) is 7.02. The summed E-state index contributed by atoms with van der Waals surface area (Å²) in [7, 11) is 1.62. The van der Waals surface area contributed by atoms with Crippen molar-refractivity contribution in [1.82, 2.24) is 10.6 Å². The van der Waals surface area contributed by atoms with Crippen molar-refractivity contribution in [1.29, 1.82) is 0 Å². The minimum atomic E-state index is -0.530. The Kier molecular flexibility index (Phi) is 3.40. The molecule has 3 N–H and O–H groups in total. The summed E-state index contributed by atoms with van der Waals surface area (Å²) in [6, 6.07) is 3.86. The number of hydrogen-bond acceptors (Lipinski definition) is 4. The number of amides is 1.